The Labute approximate surface area is 98.4 Å². The Kier molecular flexibility index (Phi) is 3.93. The second-order valence-electron chi connectivity index (χ2n) is 3.47. The maximum absolute atomic E-state index is 12.9. The van der Waals surface area contributed by atoms with Crippen LogP contribution in [-0.2, 0) is 0 Å². The summed E-state index contributed by atoms with van der Waals surface area (Å²) in [5.74, 6) is -5.09. The van der Waals surface area contributed by atoms with Crippen LogP contribution < -0.4 is 0 Å². The molecule has 1 aromatic carbocycles. The van der Waals surface area contributed by atoms with E-state index < -0.39 is 24.0 Å². The Hall–Kier alpha value is -1.66. The minimum Gasteiger partial charge on any atom is -0.507 e. The van der Waals surface area contributed by atoms with Gasteiger partial charge in [0.25, 0.3) is 6.17 Å². The first-order chi connectivity index (χ1) is 8.14. The first-order valence-electron chi connectivity index (χ1n) is 4.70. The van der Waals surface area contributed by atoms with E-state index in [2.05, 4.69) is 0 Å². The highest BCUT2D eigenvalue weighted by atomic mass is 19.4. The molecule has 18 heavy (non-hydrogen) atoms. The van der Waals surface area contributed by atoms with Crippen LogP contribution >= 0.6 is 0 Å². The van der Waals surface area contributed by atoms with Crippen molar-refractivity contribution in [2.45, 2.75) is 18.3 Å². The Morgan fingerprint density at radius 3 is 2.11 bits per heavy atom. The highest BCUT2D eigenvalue weighted by molar-refractivity contribution is 5.57. The molecular formula is C11H8F6O. The average Bonchev–Trinajstić information content (AvgIpc) is 2.26. The van der Waals surface area contributed by atoms with Crippen LogP contribution in [0.15, 0.2) is 30.3 Å². The van der Waals surface area contributed by atoms with Gasteiger partial charge in [0.05, 0.1) is 0 Å². The van der Waals surface area contributed by atoms with Crippen molar-refractivity contribution in [1.82, 2.24) is 0 Å². The molecule has 0 bridgehead atoms. The number of halogens is 6. The topological polar surface area (TPSA) is 20.2 Å². The second kappa shape index (κ2) is 4.91. The molecule has 0 amide bonds. The van der Waals surface area contributed by atoms with E-state index in [4.69, 9.17) is 0 Å². The van der Waals surface area contributed by atoms with E-state index in [0.29, 0.717) is 6.08 Å². The molecule has 1 atom stereocenters. The van der Waals surface area contributed by atoms with Crippen molar-refractivity contribution < 1.29 is 31.4 Å². The summed E-state index contributed by atoms with van der Waals surface area (Å²) in [5.41, 5.74) is -0.133. The molecule has 0 radical (unpaired) electrons. The predicted octanol–water partition coefficient (Wildman–Crippen LogP) is 3.94. The molecule has 0 spiro atoms. The number of alkyl halides is 6. The molecule has 0 aromatic heterocycles. The third-order valence-corrected chi connectivity index (χ3v) is 2.05. The van der Waals surface area contributed by atoms with E-state index >= 15 is 0 Å². The summed E-state index contributed by atoms with van der Waals surface area (Å²) in [6.45, 7) is 0. The molecule has 0 heterocycles. The van der Waals surface area contributed by atoms with Gasteiger partial charge in [0, 0.05) is 5.56 Å². The van der Waals surface area contributed by atoms with E-state index in [1.54, 1.807) is 0 Å². The number of aromatic hydroxyl groups is 1. The fourth-order valence-electron chi connectivity index (χ4n) is 1.13. The van der Waals surface area contributed by atoms with Gasteiger partial charge in [-0.1, -0.05) is 18.2 Å². The van der Waals surface area contributed by atoms with Gasteiger partial charge in [0.15, 0.2) is 0 Å². The van der Waals surface area contributed by atoms with E-state index in [9.17, 15) is 31.4 Å². The number of benzene rings is 1. The van der Waals surface area contributed by atoms with Crippen LogP contribution in [0.2, 0.25) is 0 Å². The summed E-state index contributed by atoms with van der Waals surface area (Å²) in [7, 11) is 0. The third kappa shape index (κ3) is 3.41. The van der Waals surface area contributed by atoms with Crippen molar-refractivity contribution in [3.8, 4) is 5.75 Å². The molecule has 100 valence electrons. The standard InChI is InChI=1S/C11H8F6O/c12-9(11(15,16)17)10(13,14)6-5-7-3-1-2-4-8(7)18/h1-6,9,18H. The molecule has 0 aliphatic rings. The van der Waals surface area contributed by atoms with Gasteiger partial charge in [-0.25, -0.2) is 4.39 Å². The van der Waals surface area contributed by atoms with Crippen molar-refractivity contribution >= 4 is 6.08 Å². The van der Waals surface area contributed by atoms with Crippen LogP contribution in [0.25, 0.3) is 6.08 Å². The fourth-order valence-corrected chi connectivity index (χ4v) is 1.13. The van der Waals surface area contributed by atoms with Crippen molar-refractivity contribution in [3.05, 3.63) is 35.9 Å². The van der Waals surface area contributed by atoms with Gasteiger partial charge in [-0.2, -0.15) is 22.0 Å². The highest BCUT2D eigenvalue weighted by Gasteiger charge is 2.55. The second-order valence-corrected chi connectivity index (χ2v) is 3.47. The lowest BCUT2D eigenvalue weighted by Gasteiger charge is -2.19. The monoisotopic (exact) mass is 270 g/mol. The number of phenolic OH excluding ortho intramolecular Hbond substituents is 1. The zero-order valence-electron chi connectivity index (χ0n) is 8.76. The fraction of sp³-hybridized carbons (Fsp3) is 0.273. The summed E-state index contributed by atoms with van der Waals surface area (Å²) in [6.07, 6.45) is -9.62. The van der Waals surface area contributed by atoms with Gasteiger partial charge in [-0.05, 0) is 18.2 Å². The number of rotatable bonds is 3. The van der Waals surface area contributed by atoms with Crippen molar-refractivity contribution in [3.63, 3.8) is 0 Å². The smallest absolute Gasteiger partial charge is 0.426 e. The third-order valence-electron chi connectivity index (χ3n) is 2.05. The largest absolute Gasteiger partial charge is 0.507 e. The van der Waals surface area contributed by atoms with Gasteiger partial charge < -0.3 is 5.11 Å². The zero-order chi connectivity index (χ0) is 14.0. The summed E-state index contributed by atoms with van der Waals surface area (Å²) >= 11 is 0. The van der Waals surface area contributed by atoms with E-state index in [0.717, 1.165) is 6.07 Å². The lowest BCUT2D eigenvalue weighted by atomic mass is 10.1. The molecule has 0 saturated heterocycles. The number of hydrogen-bond donors (Lipinski definition) is 1. The van der Waals surface area contributed by atoms with Gasteiger partial charge in [-0.15, -0.1) is 0 Å². The minimum atomic E-state index is -5.65. The molecule has 1 aromatic rings. The number of allylic oxidation sites excluding steroid dienone is 1. The Morgan fingerprint density at radius 1 is 1.06 bits per heavy atom. The lowest BCUT2D eigenvalue weighted by molar-refractivity contribution is -0.230. The molecule has 0 saturated carbocycles. The van der Waals surface area contributed by atoms with Gasteiger partial charge in [0.1, 0.15) is 5.75 Å². The molecule has 1 N–H and O–H groups in total. The minimum absolute atomic E-state index is 0.133. The molecular weight excluding hydrogens is 262 g/mol. The molecule has 0 fully saturated rings. The first-order valence-corrected chi connectivity index (χ1v) is 4.70. The maximum Gasteiger partial charge on any atom is 0.426 e. The molecule has 0 aliphatic heterocycles. The summed E-state index contributed by atoms with van der Waals surface area (Å²) in [6, 6.07) is 5.14. The highest BCUT2D eigenvalue weighted by Crippen LogP contribution is 2.36. The summed E-state index contributed by atoms with van der Waals surface area (Å²) < 4.78 is 73.7. The van der Waals surface area contributed by atoms with E-state index in [-0.39, 0.29) is 11.6 Å². The van der Waals surface area contributed by atoms with Crippen LogP contribution in [-0.4, -0.2) is 23.4 Å². The average molecular weight is 270 g/mol. The zero-order valence-corrected chi connectivity index (χ0v) is 8.76. The van der Waals surface area contributed by atoms with E-state index in [1.165, 1.54) is 18.2 Å². The number of phenols is 1. The van der Waals surface area contributed by atoms with Gasteiger partial charge in [0.2, 0.25) is 0 Å². The van der Waals surface area contributed by atoms with Crippen molar-refractivity contribution in [2.24, 2.45) is 0 Å². The van der Waals surface area contributed by atoms with Crippen LogP contribution in [0.1, 0.15) is 5.56 Å². The van der Waals surface area contributed by atoms with Gasteiger partial charge >= 0.3 is 12.1 Å². The van der Waals surface area contributed by atoms with Crippen molar-refractivity contribution in [1.29, 1.82) is 0 Å². The molecule has 1 unspecified atom stereocenters. The molecule has 1 nitrogen and oxygen atoms in total. The van der Waals surface area contributed by atoms with Gasteiger partial charge in [-0.3, -0.25) is 0 Å². The molecule has 7 heteroatoms. The normalized spacial score (nSPS) is 15.0. The predicted molar refractivity (Wildman–Crippen MR) is 53.0 cm³/mol. The van der Waals surface area contributed by atoms with Crippen LogP contribution in [0.3, 0.4) is 0 Å². The van der Waals surface area contributed by atoms with E-state index in [1.807, 2.05) is 0 Å². The van der Waals surface area contributed by atoms with Crippen LogP contribution in [0.5, 0.6) is 5.75 Å². The lowest BCUT2D eigenvalue weighted by Crippen LogP contribution is -2.40. The first kappa shape index (κ1) is 14.4. The Bertz CT molecular complexity index is 437. The molecule has 1 rings (SSSR count). The molecule has 0 aliphatic carbocycles. The SMILES string of the molecule is Oc1ccccc1C=CC(F)(F)C(F)C(F)(F)F. The summed E-state index contributed by atoms with van der Waals surface area (Å²) in [4.78, 5) is 0. The van der Waals surface area contributed by atoms with Crippen LogP contribution in [0, 0.1) is 0 Å². The van der Waals surface area contributed by atoms with Crippen molar-refractivity contribution in [2.75, 3.05) is 0 Å². The number of para-hydroxylation sites is 1. The Balaban J connectivity index is 2.93. The Morgan fingerprint density at radius 2 is 1.61 bits per heavy atom. The summed E-state index contributed by atoms with van der Waals surface area (Å²) in [5, 5.41) is 9.19. The quantitative estimate of drug-likeness (QED) is 0.825. The number of hydrogen-bond acceptors (Lipinski definition) is 1. The van der Waals surface area contributed by atoms with Crippen LogP contribution in [0.4, 0.5) is 26.3 Å². The maximum atomic E-state index is 12.9.